The maximum Gasteiger partial charge on any atom is 0.410 e. The molecule has 0 radical (unpaired) electrons. The largest absolute Gasteiger partial charge is 0.444 e. The number of hydrogen-bond donors (Lipinski definition) is 2. The third-order valence-corrected chi connectivity index (χ3v) is 6.15. The molecule has 9 heteroatoms. The zero-order chi connectivity index (χ0) is 22.4. The Bertz CT molecular complexity index is 932. The molecule has 2 saturated heterocycles. The number of nitrogens with one attached hydrogen (secondary N) is 2. The molecule has 0 saturated carbocycles. The van der Waals surface area contributed by atoms with Crippen molar-refractivity contribution in [1.29, 1.82) is 0 Å². The number of benzene rings is 1. The second-order valence-corrected chi connectivity index (χ2v) is 9.44. The number of likely N-dealkylation sites (tertiary alicyclic amines) is 1. The van der Waals surface area contributed by atoms with Crippen LogP contribution in [0.1, 0.15) is 49.5 Å². The summed E-state index contributed by atoms with van der Waals surface area (Å²) in [5.74, 6) is -0.777. The van der Waals surface area contributed by atoms with E-state index in [2.05, 4.69) is 10.6 Å². The first kappa shape index (κ1) is 21.1. The minimum Gasteiger partial charge on any atom is -0.444 e. The Balaban J connectivity index is 1.50. The molecule has 0 bridgehead atoms. The van der Waals surface area contributed by atoms with Gasteiger partial charge in [-0.15, -0.1) is 0 Å². The number of piperidine rings is 1. The van der Waals surface area contributed by atoms with Crippen molar-refractivity contribution in [3.05, 3.63) is 35.4 Å². The van der Waals surface area contributed by atoms with Gasteiger partial charge >= 0.3 is 12.1 Å². The molecule has 166 valence electrons. The quantitative estimate of drug-likeness (QED) is 0.715. The van der Waals surface area contributed by atoms with Gasteiger partial charge in [0.15, 0.2) is 0 Å². The highest BCUT2D eigenvalue weighted by Crippen LogP contribution is 2.34. The van der Waals surface area contributed by atoms with Gasteiger partial charge in [-0.1, -0.05) is 18.2 Å². The molecule has 5 amide bonds. The van der Waals surface area contributed by atoms with Gasteiger partial charge in [-0.25, -0.2) is 9.59 Å². The van der Waals surface area contributed by atoms with Gasteiger partial charge in [-0.2, -0.15) is 0 Å². The van der Waals surface area contributed by atoms with Gasteiger partial charge in [0.2, 0.25) is 0 Å². The lowest BCUT2D eigenvalue weighted by Gasteiger charge is -2.42. The maximum atomic E-state index is 12.9. The lowest BCUT2D eigenvalue weighted by atomic mass is 9.77. The number of fused-ring (bicyclic) bond motifs is 1. The minimum absolute atomic E-state index is 0.0925. The number of hydrogen-bond acceptors (Lipinski definition) is 5. The van der Waals surface area contributed by atoms with Crippen molar-refractivity contribution >= 4 is 23.9 Å². The van der Waals surface area contributed by atoms with Crippen LogP contribution < -0.4 is 10.6 Å². The van der Waals surface area contributed by atoms with E-state index in [0.29, 0.717) is 38.0 Å². The highest BCUT2D eigenvalue weighted by Gasteiger charge is 2.54. The van der Waals surface area contributed by atoms with Crippen molar-refractivity contribution in [2.75, 3.05) is 19.6 Å². The Labute approximate surface area is 181 Å². The standard InChI is InChI=1S/C22H28N4O5/c1-21(2,3)31-20(30)25-10-8-15(9-11-25)22(18(28)23-19(29)24-22)13-26-12-14-6-4-5-7-16(14)17(26)27/h4-7,15H,8-13H2,1-3H3,(H2,23,24,28,29). The minimum atomic E-state index is -1.21. The Morgan fingerprint density at radius 1 is 1.16 bits per heavy atom. The van der Waals surface area contributed by atoms with Crippen molar-refractivity contribution in [2.24, 2.45) is 5.92 Å². The zero-order valence-corrected chi connectivity index (χ0v) is 18.1. The first-order valence-corrected chi connectivity index (χ1v) is 10.6. The number of imide groups is 1. The van der Waals surface area contributed by atoms with Crippen LogP contribution in [0.2, 0.25) is 0 Å². The van der Waals surface area contributed by atoms with Gasteiger partial charge < -0.3 is 19.9 Å². The van der Waals surface area contributed by atoms with Crippen LogP contribution in [0.4, 0.5) is 9.59 Å². The van der Waals surface area contributed by atoms with Crippen LogP contribution in [-0.4, -0.2) is 64.5 Å². The molecule has 1 atom stereocenters. The third kappa shape index (κ3) is 3.96. The molecular formula is C22H28N4O5. The van der Waals surface area contributed by atoms with E-state index in [9.17, 15) is 19.2 Å². The Morgan fingerprint density at radius 3 is 2.42 bits per heavy atom. The molecule has 0 spiro atoms. The molecular weight excluding hydrogens is 400 g/mol. The van der Waals surface area contributed by atoms with Crippen LogP contribution in [0.5, 0.6) is 0 Å². The van der Waals surface area contributed by atoms with Gasteiger partial charge in [0, 0.05) is 25.2 Å². The Morgan fingerprint density at radius 2 is 1.84 bits per heavy atom. The van der Waals surface area contributed by atoms with E-state index in [1.54, 1.807) is 15.9 Å². The van der Waals surface area contributed by atoms with Crippen LogP contribution in [0.25, 0.3) is 0 Å². The van der Waals surface area contributed by atoms with E-state index in [4.69, 9.17) is 4.74 Å². The lowest BCUT2D eigenvalue weighted by molar-refractivity contribution is -0.127. The van der Waals surface area contributed by atoms with Gasteiger partial charge in [0.05, 0.1) is 6.54 Å². The molecule has 3 aliphatic heterocycles. The van der Waals surface area contributed by atoms with Crippen molar-refractivity contribution in [3.63, 3.8) is 0 Å². The van der Waals surface area contributed by atoms with E-state index in [-0.39, 0.29) is 24.5 Å². The lowest BCUT2D eigenvalue weighted by Crippen LogP contribution is -2.62. The van der Waals surface area contributed by atoms with E-state index in [1.165, 1.54) is 0 Å². The molecule has 9 nitrogen and oxygen atoms in total. The van der Waals surface area contributed by atoms with Gasteiger partial charge in [0.25, 0.3) is 11.8 Å². The number of nitrogens with zero attached hydrogens (tertiary/aromatic N) is 2. The highest BCUT2D eigenvalue weighted by molar-refractivity contribution is 6.08. The molecule has 3 aliphatic rings. The average molecular weight is 428 g/mol. The zero-order valence-electron chi connectivity index (χ0n) is 18.1. The molecule has 0 aromatic heterocycles. The van der Waals surface area contributed by atoms with Crippen molar-refractivity contribution in [1.82, 2.24) is 20.4 Å². The summed E-state index contributed by atoms with van der Waals surface area (Å²) in [6.07, 6.45) is 0.647. The third-order valence-electron chi connectivity index (χ3n) is 6.15. The molecule has 31 heavy (non-hydrogen) atoms. The monoisotopic (exact) mass is 428 g/mol. The van der Waals surface area contributed by atoms with Gasteiger partial charge in [0.1, 0.15) is 11.1 Å². The second-order valence-electron chi connectivity index (χ2n) is 9.44. The fourth-order valence-corrected chi connectivity index (χ4v) is 4.66. The van der Waals surface area contributed by atoms with Crippen LogP contribution in [0, 0.1) is 5.92 Å². The van der Waals surface area contributed by atoms with Crippen LogP contribution >= 0.6 is 0 Å². The van der Waals surface area contributed by atoms with Crippen LogP contribution in [0.15, 0.2) is 24.3 Å². The first-order valence-electron chi connectivity index (χ1n) is 10.6. The number of rotatable bonds is 3. The van der Waals surface area contributed by atoms with Gasteiger partial charge in [-0.3, -0.25) is 14.9 Å². The topological polar surface area (TPSA) is 108 Å². The summed E-state index contributed by atoms with van der Waals surface area (Å²) in [5.41, 5.74) is -0.261. The molecule has 3 heterocycles. The summed E-state index contributed by atoms with van der Waals surface area (Å²) in [6.45, 7) is 6.77. The number of carbonyl (C=O) groups is 4. The highest BCUT2D eigenvalue weighted by atomic mass is 16.6. The fraction of sp³-hybridized carbons (Fsp3) is 0.545. The van der Waals surface area contributed by atoms with E-state index in [1.807, 2.05) is 39.0 Å². The summed E-state index contributed by atoms with van der Waals surface area (Å²) >= 11 is 0. The first-order chi connectivity index (χ1) is 14.6. The number of ether oxygens (including phenoxy) is 1. The van der Waals surface area contributed by atoms with E-state index >= 15 is 0 Å². The van der Waals surface area contributed by atoms with E-state index in [0.717, 1.165) is 5.56 Å². The average Bonchev–Trinajstić information content (AvgIpc) is 3.17. The Kier molecular flexibility index (Phi) is 5.15. The summed E-state index contributed by atoms with van der Waals surface area (Å²) < 4.78 is 5.44. The molecule has 1 aromatic rings. The number of carbonyl (C=O) groups excluding carboxylic acids is 4. The summed E-state index contributed by atoms with van der Waals surface area (Å²) in [4.78, 5) is 53.5. The fourth-order valence-electron chi connectivity index (χ4n) is 4.66. The maximum absolute atomic E-state index is 12.9. The molecule has 4 rings (SSSR count). The smallest absolute Gasteiger partial charge is 0.410 e. The summed E-state index contributed by atoms with van der Waals surface area (Å²) in [7, 11) is 0. The number of urea groups is 1. The predicted molar refractivity (Wildman–Crippen MR) is 111 cm³/mol. The van der Waals surface area contributed by atoms with Crippen molar-refractivity contribution in [3.8, 4) is 0 Å². The molecule has 0 aliphatic carbocycles. The number of amides is 5. The Hall–Kier alpha value is -3.10. The van der Waals surface area contributed by atoms with Crippen molar-refractivity contribution in [2.45, 2.75) is 51.3 Å². The molecule has 2 N–H and O–H groups in total. The molecule has 2 fully saturated rings. The van der Waals surface area contributed by atoms with Crippen LogP contribution in [-0.2, 0) is 16.1 Å². The van der Waals surface area contributed by atoms with Crippen molar-refractivity contribution < 1.29 is 23.9 Å². The normalized spacial score (nSPS) is 24.2. The molecule has 1 aromatic carbocycles. The van der Waals surface area contributed by atoms with Crippen LogP contribution in [0.3, 0.4) is 0 Å². The summed E-state index contributed by atoms with van der Waals surface area (Å²) in [5, 5.41) is 5.16. The summed E-state index contributed by atoms with van der Waals surface area (Å²) in [6, 6.07) is 6.81. The molecule has 1 unspecified atom stereocenters. The second kappa shape index (κ2) is 7.55. The van der Waals surface area contributed by atoms with E-state index < -0.39 is 23.1 Å². The van der Waals surface area contributed by atoms with Gasteiger partial charge in [-0.05, 0) is 51.2 Å². The SMILES string of the molecule is CC(C)(C)OC(=O)N1CCC(C2(CN3Cc4ccccc4C3=O)NC(=O)NC2=O)CC1. The predicted octanol–water partition coefficient (Wildman–Crippen LogP) is 1.87.